The number of amides is 1. The van der Waals surface area contributed by atoms with E-state index in [0.29, 0.717) is 23.0 Å². The zero-order valence-corrected chi connectivity index (χ0v) is 13.0. The number of aryl methyl sites for hydroxylation is 2. The van der Waals surface area contributed by atoms with E-state index in [1.54, 1.807) is 25.7 Å². The minimum atomic E-state index is -0.172. The molecule has 0 unspecified atom stereocenters. The van der Waals surface area contributed by atoms with Crippen molar-refractivity contribution in [3.8, 4) is 0 Å². The van der Waals surface area contributed by atoms with Crippen LogP contribution in [0.4, 0.5) is 0 Å². The first kappa shape index (κ1) is 14.9. The van der Waals surface area contributed by atoms with Crippen molar-refractivity contribution in [2.75, 3.05) is 12.3 Å². The van der Waals surface area contributed by atoms with E-state index in [9.17, 15) is 4.79 Å². The Morgan fingerprint density at radius 3 is 2.70 bits per heavy atom. The molecule has 0 atom stereocenters. The molecule has 4 nitrogen and oxygen atoms in total. The van der Waals surface area contributed by atoms with Gasteiger partial charge in [-0.1, -0.05) is 29.8 Å². The molecule has 2 rings (SSSR count). The summed E-state index contributed by atoms with van der Waals surface area (Å²) in [7, 11) is 1.72. The molecule has 20 heavy (non-hydrogen) atoms. The minimum Gasteiger partial charge on any atom is -0.351 e. The van der Waals surface area contributed by atoms with Crippen LogP contribution in [0.25, 0.3) is 0 Å². The van der Waals surface area contributed by atoms with Crippen molar-refractivity contribution in [3.63, 3.8) is 0 Å². The van der Waals surface area contributed by atoms with Crippen LogP contribution in [0.2, 0.25) is 5.15 Å². The number of thioether (sulfide) groups is 1. The van der Waals surface area contributed by atoms with E-state index in [4.69, 9.17) is 11.6 Å². The standard InChI is InChI=1S/C14H16ClN3OS/c1-10-12(13(15)18(2)17-10)14(19)16-8-9-20-11-6-4-3-5-7-11/h3-7H,8-9H2,1-2H3,(H,16,19). The number of hydrogen-bond acceptors (Lipinski definition) is 3. The summed E-state index contributed by atoms with van der Waals surface area (Å²) in [5.41, 5.74) is 1.10. The van der Waals surface area contributed by atoms with Gasteiger partial charge in [0.15, 0.2) is 0 Å². The quantitative estimate of drug-likeness (QED) is 0.682. The zero-order chi connectivity index (χ0) is 14.5. The summed E-state index contributed by atoms with van der Waals surface area (Å²) in [5.74, 6) is 0.640. The van der Waals surface area contributed by atoms with Crippen LogP contribution in [0.1, 0.15) is 16.1 Å². The van der Waals surface area contributed by atoms with Crippen LogP contribution in [0.15, 0.2) is 35.2 Å². The third kappa shape index (κ3) is 3.55. The van der Waals surface area contributed by atoms with Gasteiger partial charge in [-0.25, -0.2) is 0 Å². The molecule has 0 spiro atoms. The molecule has 106 valence electrons. The second-order valence-corrected chi connectivity index (χ2v) is 5.82. The van der Waals surface area contributed by atoms with E-state index in [-0.39, 0.29) is 5.91 Å². The molecule has 0 radical (unpaired) electrons. The van der Waals surface area contributed by atoms with E-state index in [2.05, 4.69) is 22.5 Å². The number of aromatic nitrogens is 2. The van der Waals surface area contributed by atoms with Crippen molar-refractivity contribution >= 4 is 29.3 Å². The Morgan fingerprint density at radius 1 is 1.40 bits per heavy atom. The average Bonchev–Trinajstić information content (AvgIpc) is 2.69. The van der Waals surface area contributed by atoms with E-state index in [0.717, 1.165) is 5.75 Å². The summed E-state index contributed by atoms with van der Waals surface area (Å²) in [6, 6.07) is 10.1. The van der Waals surface area contributed by atoms with Gasteiger partial charge in [0.25, 0.3) is 5.91 Å². The van der Waals surface area contributed by atoms with E-state index < -0.39 is 0 Å². The van der Waals surface area contributed by atoms with Gasteiger partial charge in [-0.05, 0) is 19.1 Å². The number of nitrogens with one attached hydrogen (secondary N) is 1. The Labute approximate surface area is 127 Å². The second kappa shape index (κ2) is 6.81. The van der Waals surface area contributed by atoms with Crippen molar-refractivity contribution < 1.29 is 4.79 Å². The summed E-state index contributed by atoms with van der Waals surface area (Å²) in [6.07, 6.45) is 0. The number of halogens is 1. The topological polar surface area (TPSA) is 46.9 Å². The molecule has 2 aromatic rings. The number of rotatable bonds is 5. The molecule has 0 aliphatic carbocycles. The Hall–Kier alpha value is -1.46. The first-order valence-corrected chi connectivity index (χ1v) is 7.61. The van der Waals surface area contributed by atoms with Crippen LogP contribution in [0.3, 0.4) is 0 Å². The lowest BCUT2D eigenvalue weighted by Gasteiger charge is -2.05. The highest BCUT2D eigenvalue weighted by molar-refractivity contribution is 7.99. The normalized spacial score (nSPS) is 10.6. The van der Waals surface area contributed by atoms with Gasteiger partial charge in [-0.2, -0.15) is 5.10 Å². The van der Waals surface area contributed by atoms with Gasteiger partial charge < -0.3 is 5.32 Å². The van der Waals surface area contributed by atoms with Crippen LogP contribution in [-0.2, 0) is 7.05 Å². The Bertz CT molecular complexity index is 598. The predicted molar refractivity (Wildman–Crippen MR) is 82.5 cm³/mol. The van der Waals surface area contributed by atoms with Crippen LogP contribution < -0.4 is 5.32 Å². The first-order chi connectivity index (χ1) is 9.59. The van der Waals surface area contributed by atoms with Crippen LogP contribution in [-0.4, -0.2) is 28.0 Å². The molecule has 0 saturated carbocycles. The van der Waals surface area contributed by atoms with Gasteiger partial charge in [0.1, 0.15) is 5.15 Å². The fourth-order valence-corrected chi connectivity index (χ4v) is 2.88. The molecular formula is C14H16ClN3OS. The lowest BCUT2D eigenvalue weighted by Crippen LogP contribution is -2.26. The largest absolute Gasteiger partial charge is 0.351 e. The molecule has 0 aliphatic heterocycles. The van der Waals surface area contributed by atoms with Crippen LogP contribution >= 0.6 is 23.4 Å². The number of carbonyl (C=O) groups is 1. The summed E-state index contributed by atoms with van der Waals surface area (Å²) >= 11 is 7.75. The highest BCUT2D eigenvalue weighted by atomic mass is 35.5. The third-order valence-corrected chi connectivity index (χ3v) is 4.23. The Morgan fingerprint density at radius 2 is 2.10 bits per heavy atom. The van der Waals surface area contributed by atoms with Crippen molar-refractivity contribution in [1.29, 1.82) is 0 Å². The zero-order valence-electron chi connectivity index (χ0n) is 11.4. The highest BCUT2D eigenvalue weighted by Gasteiger charge is 2.18. The van der Waals surface area contributed by atoms with Crippen molar-refractivity contribution in [2.45, 2.75) is 11.8 Å². The third-order valence-electron chi connectivity index (χ3n) is 2.78. The molecule has 1 amide bonds. The van der Waals surface area contributed by atoms with Crippen LogP contribution in [0, 0.1) is 6.92 Å². The maximum Gasteiger partial charge on any atom is 0.256 e. The molecule has 1 N–H and O–H groups in total. The van der Waals surface area contributed by atoms with Crippen molar-refractivity contribution in [1.82, 2.24) is 15.1 Å². The fourth-order valence-electron chi connectivity index (χ4n) is 1.83. The number of nitrogens with zero attached hydrogens (tertiary/aromatic N) is 2. The van der Waals surface area contributed by atoms with E-state index in [1.807, 2.05) is 18.2 Å². The summed E-state index contributed by atoms with van der Waals surface area (Å²) in [4.78, 5) is 13.2. The van der Waals surface area contributed by atoms with Crippen LogP contribution in [0.5, 0.6) is 0 Å². The molecule has 0 bridgehead atoms. The number of carbonyl (C=O) groups excluding carboxylic acids is 1. The lowest BCUT2D eigenvalue weighted by molar-refractivity contribution is 0.0955. The van der Waals surface area contributed by atoms with Gasteiger partial charge >= 0.3 is 0 Å². The Kier molecular flexibility index (Phi) is 5.09. The molecule has 1 aromatic carbocycles. The number of benzene rings is 1. The maximum atomic E-state index is 12.1. The molecule has 0 aliphatic rings. The average molecular weight is 310 g/mol. The van der Waals surface area contributed by atoms with Gasteiger partial charge in [-0.15, -0.1) is 11.8 Å². The Balaban J connectivity index is 1.84. The lowest BCUT2D eigenvalue weighted by atomic mass is 10.2. The summed E-state index contributed by atoms with van der Waals surface area (Å²) in [5, 5.41) is 7.36. The predicted octanol–water partition coefficient (Wildman–Crippen LogP) is 2.90. The molecular weight excluding hydrogens is 294 g/mol. The van der Waals surface area contributed by atoms with Crippen molar-refractivity contribution in [2.24, 2.45) is 7.05 Å². The monoisotopic (exact) mass is 309 g/mol. The molecule has 0 saturated heterocycles. The van der Waals surface area contributed by atoms with Gasteiger partial charge in [0.2, 0.25) is 0 Å². The molecule has 0 fully saturated rings. The smallest absolute Gasteiger partial charge is 0.256 e. The molecule has 6 heteroatoms. The summed E-state index contributed by atoms with van der Waals surface area (Å²) < 4.78 is 1.50. The molecule has 1 aromatic heterocycles. The molecule has 1 heterocycles. The summed E-state index contributed by atoms with van der Waals surface area (Å²) in [6.45, 7) is 2.36. The van der Waals surface area contributed by atoms with Gasteiger partial charge in [0.05, 0.1) is 11.3 Å². The van der Waals surface area contributed by atoms with E-state index in [1.165, 1.54) is 9.58 Å². The second-order valence-electron chi connectivity index (χ2n) is 4.29. The van der Waals surface area contributed by atoms with Gasteiger partial charge in [0, 0.05) is 24.2 Å². The van der Waals surface area contributed by atoms with E-state index >= 15 is 0 Å². The minimum absolute atomic E-state index is 0.172. The first-order valence-electron chi connectivity index (χ1n) is 6.24. The van der Waals surface area contributed by atoms with Crippen molar-refractivity contribution in [3.05, 3.63) is 46.7 Å². The highest BCUT2D eigenvalue weighted by Crippen LogP contribution is 2.19. The maximum absolute atomic E-state index is 12.1. The SMILES string of the molecule is Cc1nn(C)c(Cl)c1C(=O)NCCSc1ccccc1. The fraction of sp³-hybridized carbons (Fsp3) is 0.286. The van der Waals surface area contributed by atoms with Gasteiger partial charge in [-0.3, -0.25) is 9.48 Å². The number of hydrogen-bond donors (Lipinski definition) is 1.